The first-order valence-electron chi connectivity index (χ1n) is 6.49. The summed E-state index contributed by atoms with van der Waals surface area (Å²) in [6.07, 6.45) is 2.68. The van der Waals surface area contributed by atoms with Crippen LogP contribution in [0.2, 0.25) is 0 Å². The molecule has 114 valence electrons. The molecule has 7 heteroatoms. The summed E-state index contributed by atoms with van der Waals surface area (Å²) in [4.78, 5) is -0.290. The summed E-state index contributed by atoms with van der Waals surface area (Å²) >= 11 is 1.64. The van der Waals surface area contributed by atoms with E-state index in [2.05, 4.69) is 10.0 Å². The van der Waals surface area contributed by atoms with Crippen LogP contribution in [0.25, 0.3) is 0 Å². The smallest absolute Gasteiger partial charge is 0.243 e. The van der Waals surface area contributed by atoms with Crippen molar-refractivity contribution in [2.24, 2.45) is 0 Å². The van der Waals surface area contributed by atoms with Crippen molar-refractivity contribution in [1.29, 1.82) is 0 Å². The Hall–Kier alpha value is -0.630. The maximum Gasteiger partial charge on any atom is 0.243 e. The lowest BCUT2D eigenvalue weighted by Gasteiger charge is -2.09. The van der Waals surface area contributed by atoms with Gasteiger partial charge in [-0.25, -0.2) is 17.5 Å². The van der Waals surface area contributed by atoms with E-state index < -0.39 is 15.8 Å². The highest BCUT2D eigenvalue weighted by atomic mass is 32.2. The van der Waals surface area contributed by atoms with Crippen molar-refractivity contribution < 1.29 is 12.8 Å². The van der Waals surface area contributed by atoms with Gasteiger partial charge in [0.2, 0.25) is 10.0 Å². The Morgan fingerprint density at radius 1 is 1.35 bits per heavy atom. The predicted octanol–water partition coefficient (Wildman–Crippen LogP) is 1.97. The summed E-state index contributed by atoms with van der Waals surface area (Å²) in [5.74, 6) is 0.157. The van der Waals surface area contributed by atoms with Crippen LogP contribution in [0, 0.1) is 5.82 Å². The van der Waals surface area contributed by atoms with Crippen molar-refractivity contribution in [2.45, 2.75) is 24.8 Å². The Morgan fingerprint density at radius 3 is 2.70 bits per heavy atom. The summed E-state index contributed by atoms with van der Waals surface area (Å²) in [5.41, 5.74) is 0.727. The van der Waals surface area contributed by atoms with Crippen LogP contribution < -0.4 is 10.0 Å². The minimum atomic E-state index is -3.76. The zero-order chi connectivity index (χ0) is 15.0. The highest BCUT2D eigenvalue weighted by Crippen LogP contribution is 2.16. The lowest BCUT2D eigenvalue weighted by molar-refractivity contribution is 0.555. The number of hydrogen-bond donors (Lipinski definition) is 2. The number of nitrogens with one attached hydrogen (secondary N) is 2. The largest absolute Gasteiger partial charge is 0.313 e. The van der Waals surface area contributed by atoms with Gasteiger partial charge in [0.1, 0.15) is 10.7 Å². The topological polar surface area (TPSA) is 58.2 Å². The highest BCUT2D eigenvalue weighted by Gasteiger charge is 2.18. The van der Waals surface area contributed by atoms with E-state index in [0.717, 1.165) is 24.3 Å². The number of rotatable bonds is 9. The third-order valence-corrected chi connectivity index (χ3v) is 4.87. The highest BCUT2D eigenvalue weighted by molar-refractivity contribution is 7.98. The van der Waals surface area contributed by atoms with E-state index in [1.54, 1.807) is 17.8 Å². The molecule has 1 aromatic carbocycles. The van der Waals surface area contributed by atoms with Gasteiger partial charge in [-0.3, -0.25) is 0 Å². The molecule has 0 amide bonds. The molecule has 0 bridgehead atoms. The van der Waals surface area contributed by atoms with E-state index >= 15 is 0 Å². The molecular weight excluding hydrogens is 299 g/mol. The molecule has 0 radical (unpaired) electrons. The van der Waals surface area contributed by atoms with Crippen LogP contribution in [0.1, 0.15) is 18.9 Å². The van der Waals surface area contributed by atoms with Crippen molar-refractivity contribution in [2.75, 3.05) is 25.1 Å². The second-order valence-electron chi connectivity index (χ2n) is 4.29. The van der Waals surface area contributed by atoms with Gasteiger partial charge in [-0.15, -0.1) is 0 Å². The molecule has 0 atom stereocenters. The van der Waals surface area contributed by atoms with Crippen molar-refractivity contribution in [3.63, 3.8) is 0 Å². The maximum absolute atomic E-state index is 13.9. The van der Waals surface area contributed by atoms with Crippen LogP contribution in [0.3, 0.4) is 0 Å². The molecule has 0 fully saturated rings. The third-order valence-electron chi connectivity index (χ3n) is 2.68. The van der Waals surface area contributed by atoms with E-state index in [0.29, 0.717) is 13.1 Å². The maximum atomic E-state index is 13.9. The number of benzene rings is 1. The van der Waals surface area contributed by atoms with E-state index in [1.165, 1.54) is 12.1 Å². The van der Waals surface area contributed by atoms with Gasteiger partial charge in [0.05, 0.1) is 0 Å². The molecule has 1 aromatic rings. The molecule has 0 unspecified atom stereocenters. The minimum Gasteiger partial charge on any atom is -0.313 e. The van der Waals surface area contributed by atoms with Crippen LogP contribution >= 0.6 is 11.8 Å². The van der Waals surface area contributed by atoms with Crippen LogP contribution in [0.15, 0.2) is 23.1 Å². The van der Waals surface area contributed by atoms with Crippen LogP contribution in [-0.2, 0) is 16.6 Å². The minimum absolute atomic E-state index is 0.290. The SMILES string of the molecule is CCNCc1ccc(S(=O)(=O)NCCCSC)c(F)c1. The molecule has 0 aliphatic carbocycles. The molecule has 0 aliphatic heterocycles. The van der Waals surface area contributed by atoms with Crippen molar-refractivity contribution >= 4 is 21.8 Å². The van der Waals surface area contributed by atoms with Gasteiger partial charge in [0.15, 0.2) is 0 Å². The first kappa shape index (κ1) is 17.4. The lowest BCUT2D eigenvalue weighted by atomic mass is 10.2. The summed E-state index contributed by atoms with van der Waals surface area (Å²) < 4.78 is 40.3. The fraction of sp³-hybridized carbons (Fsp3) is 0.538. The van der Waals surface area contributed by atoms with Gasteiger partial charge in [-0.05, 0) is 42.7 Å². The zero-order valence-electron chi connectivity index (χ0n) is 11.8. The van der Waals surface area contributed by atoms with Crippen LogP contribution in [0.5, 0.6) is 0 Å². The molecule has 0 saturated heterocycles. The molecule has 20 heavy (non-hydrogen) atoms. The summed E-state index contributed by atoms with van der Waals surface area (Å²) in [5, 5.41) is 3.06. The monoisotopic (exact) mass is 320 g/mol. The second kappa shape index (κ2) is 8.61. The fourth-order valence-corrected chi connectivity index (χ4v) is 3.21. The molecule has 0 aliphatic rings. The molecule has 4 nitrogen and oxygen atoms in total. The van der Waals surface area contributed by atoms with Gasteiger partial charge in [-0.1, -0.05) is 13.0 Å². The van der Waals surface area contributed by atoms with E-state index in [-0.39, 0.29) is 4.90 Å². The van der Waals surface area contributed by atoms with Crippen LogP contribution in [-0.4, -0.2) is 33.5 Å². The van der Waals surface area contributed by atoms with Crippen molar-refractivity contribution in [3.05, 3.63) is 29.6 Å². The number of hydrogen-bond acceptors (Lipinski definition) is 4. The standard InChI is InChI=1S/C13H21FN2O2S2/c1-3-15-10-11-5-6-13(12(14)9-11)20(17,18)16-7-4-8-19-2/h5-6,9,15-16H,3-4,7-8,10H2,1-2H3. The predicted molar refractivity (Wildman–Crippen MR) is 82.0 cm³/mol. The molecule has 0 heterocycles. The van der Waals surface area contributed by atoms with Gasteiger partial charge >= 0.3 is 0 Å². The van der Waals surface area contributed by atoms with E-state index in [4.69, 9.17) is 0 Å². The Morgan fingerprint density at radius 2 is 2.10 bits per heavy atom. The van der Waals surface area contributed by atoms with Gasteiger partial charge < -0.3 is 5.32 Å². The van der Waals surface area contributed by atoms with Gasteiger partial charge in [-0.2, -0.15) is 11.8 Å². The molecule has 2 N–H and O–H groups in total. The number of halogens is 1. The zero-order valence-corrected chi connectivity index (χ0v) is 13.4. The average molecular weight is 320 g/mol. The lowest BCUT2D eigenvalue weighted by Crippen LogP contribution is -2.26. The second-order valence-corrected chi connectivity index (χ2v) is 7.01. The Bertz CT molecular complexity index is 521. The van der Waals surface area contributed by atoms with Gasteiger partial charge in [0, 0.05) is 13.1 Å². The first-order valence-corrected chi connectivity index (χ1v) is 9.36. The number of sulfonamides is 1. The normalized spacial score (nSPS) is 11.8. The Labute approximate surface area is 124 Å². The Kier molecular flexibility index (Phi) is 7.50. The first-order chi connectivity index (χ1) is 9.51. The molecule has 0 saturated carbocycles. The summed E-state index contributed by atoms with van der Waals surface area (Å²) in [7, 11) is -3.76. The molecular formula is C13H21FN2O2S2. The summed E-state index contributed by atoms with van der Waals surface area (Å²) in [6.45, 7) is 3.57. The quantitative estimate of drug-likeness (QED) is 0.683. The van der Waals surface area contributed by atoms with Crippen LogP contribution in [0.4, 0.5) is 4.39 Å². The fourth-order valence-electron chi connectivity index (χ4n) is 1.64. The van der Waals surface area contributed by atoms with E-state index in [1.807, 2.05) is 13.2 Å². The average Bonchev–Trinajstić information content (AvgIpc) is 2.41. The van der Waals surface area contributed by atoms with Crippen molar-refractivity contribution in [3.8, 4) is 0 Å². The molecule has 0 spiro atoms. The van der Waals surface area contributed by atoms with E-state index in [9.17, 15) is 12.8 Å². The molecule has 1 rings (SSSR count). The Balaban J connectivity index is 2.74. The van der Waals surface area contributed by atoms with Crippen molar-refractivity contribution in [1.82, 2.24) is 10.0 Å². The molecule has 0 aromatic heterocycles. The third kappa shape index (κ3) is 5.40. The van der Waals surface area contributed by atoms with Gasteiger partial charge in [0.25, 0.3) is 0 Å². The summed E-state index contributed by atoms with van der Waals surface area (Å²) in [6, 6.07) is 4.21. The number of thioether (sulfide) groups is 1.